The zero-order chi connectivity index (χ0) is 15.6. The number of carboxylic acid groups (broad SMARTS) is 1. The summed E-state index contributed by atoms with van der Waals surface area (Å²) >= 11 is 1.89. The van der Waals surface area contributed by atoms with Gasteiger partial charge in [0.25, 0.3) is 5.69 Å². The zero-order valence-corrected chi connectivity index (χ0v) is 12.9. The summed E-state index contributed by atoms with van der Waals surface area (Å²) in [4.78, 5) is 23.9. The van der Waals surface area contributed by atoms with Gasteiger partial charge in [-0.1, -0.05) is 12.1 Å². The van der Waals surface area contributed by atoms with E-state index in [2.05, 4.69) is 18.7 Å². The first-order valence-electron chi connectivity index (χ1n) is 6.66. The van der Waals surface area contributed by atoms with E-state index < -0.39 is 10.9 Å². The SMILES string of the molecule is CC1(C)CN(Cc2cccc([N+](=O)[O-])c2C(=O)O)CCS1. The number of carbonyl (C=O) groups is 1. The van der Waals surface area contributed by atoms with Gasteiger partial charge in [-0.15, -0.1) is 0 Å². The average Bonchev–Trinajstić information content (AvgIpc) is 2.36. The minimum Gasteiger partial charge on any atom is -0.477 e. The van der Waals surface area contributed by atoms with Crippen LogP contribution >= 0.6 is 11.8 Å². The van der Waals surface area contributed by atoms with Crippen molar-refractivity contribution in [2.24, 2.45) is 0 Å². The third kappa shape index (κ3) is 3.74. The summed E-state index contributed by atoms with van der Waals surface area (Å²) < 4.78 is 0.113. The first-order valence-corrected chi connectivity index (χ1v) is 7.64. The molecule has 7 heteroatoms. The molecule has 0 atom stereocenters. The van der Waals surface area contributed by atoms with Crippen LogP contribution in [0.5, 0.6) is 0 Å². The van der Waals surface area contributed by atoms with Crippen LogP contribution in [0.3, 0.4) is 0 Å². The summed E-state index contributed by atoms with van der Waals surface area (Å²) in [5, 5.41) is 20.3. The molecule has 1 aromatic rings. The molecule has 1 aromatic carbocycles. The maximum atomic E-state index is 11.4. The van der Waals surface area contributed by atoms with Crippen molar-refractivity contribution in [3.05, 3.63) is 39.4 Å². The van der Waals surface area contributed by atoms with Crippen LogP contribution in [0.15, 0.2) is 18.2 Å². The topological polar surface area (TPSA) is 83.7 Å². The van der Waals surface area contributed by atoms with Crippen LogP contribution in [0.4, 0.5) is 5.69 Å². The van der Waals surface area contributed by atoms with E-state index in [1.54, 1.807) is 12.1 Å². The molecular weight excluding hydrogens is 292 g/mol. The van der Waals surface area contributed by atoms with E-state index in [0.29, 0.717) is 12.1 Å². The second-order valence-electron chi connectivity index (χ2n) is 5.69. The summed E-state index contributed by atoms with van der Waals surface area (Å²) in [6.07, 6.45) is 0. The minimum atomic E-state index is -1.25. The fourth-order valence-corrected chi connectivity index (χ4v) is 3.78. The van der Waals surface area contributed by atoms with Crippen LogP contribution in [-0.4, -0.2) is 44.5 Å². The highest BCUT2D eigenvalue weighted by molar-refractivity contribution is 8.00. The second-order valence-corrected chi connectivity index (χ2v) is 7.49. The van der Waals surface area contributed by atoms with Crippen LogP contribution < -0.4 is 0 Å². The molecule has 6 nitrogen and oxygen atoms in total. The largest absolute Gasteiger partial charge is 0.477 e. The number of carboxylic acids is 1. The molecule has 0 bridgehead atoms. The quantitative estimate of drug-likeness (QED) is 0.680. The molecule has 1 aliphatic heterocycles. The van der Waals surface area contributed by atoms with Gasteiger partial charge < -0.3 is 5.11 Å². The van der Waals surface area contributed by atoms with Crippen LogP contribution in [0, 0.1) is 10.1 Å². The Morgan fingerprint density at radius 3 is 2.81 bits per heavy atom. The van der Waals surface area contributed by atoms with Crippen molar-refractivity contribution in [1.82, 2.24) is 4.90 Å². The van der Waals surface area contributed by atoms with Gasteiger partial charge in [0.2, 0.25) is 0 Å². The third-order valence-corrected chi connectivity index (χ3v) is 4.74. The van der Waals surface area contributed by atoms with Crippen molar-refractivity contribution in [3.8, 4) is 0 Å². The first kappa shape index (κ1) is 15.8. The predicted octanol–water partition coefficient (Wildman–Crippen LogP) is 2.62. The Morgan fingerprint density at radius 1 is 1.52 bits per heavy atom. The molecule has 21 heavy (non-hydrogen) atoms. The van der Waals surface area contributed by atoms with Gasteiger partial charge in [0, 0.05) is 36.2 Å². The van der Waals surface area contributed by atoms with Crippen LogP contribution in [0.2, 0.25) is 0 Å². The van der Waals surface area contributed by atoms with Gasteiger partial charge in [-0.25, -0.2) is 4.79 Å². The van der Waals surface area contributed by atoms with E-state index >= 15 is 0 Å². The van der Waals surface area contributed by atoms with E-state index in [1.165, 1.54) is 6.07 Å². The Hall–Kier alpha value is -1.60. The van der Waals surface area contributed by atoms with Crippen molar-refractivity contribution in [2.45, 2.75) is 25.1 Å². The number of nitrogens with zero attached hydrogens (tertiary/aromatic N) is 2. The number of hydrogen-bond acceptors (Lipinski definition) is 5. The Balaban J connectivity index is 2.29. The highest BCUT2D eigenvalue weighted by Crippen LogP contribution is 2.31. The highest BCUT2D eigenvalue weighted by Gasteiger charge is 2.29. The van der Waals surface area contributed by atoms with E-state index in [4.69, 9.17) is 0 Å². The standard InChI is InChI=1S/C14H18N2O4S/c1-14(2)9-15(6-7-21-14)8-10-4-3-5-11(16(19)20)12(10)13(17)18/h3-5H,6-9H2,1-2H3,(H,17,18). The first-order chi connectivity index (χ1) is 9.80. The smallest absolute Gasteiger partial charge is 0.343 e. The molecule has 1 aliphatic rings. The molecule has 0 radical (unpaired) electrons. The Bertz CT molecular complexity index is 574. The van der Waals surface area contributed by atoms with Crippen LogP contribution in [-0.2, 0) is 6.54 Å². The summed E-state index contributed by atoms with van der Waals surface area (Å²) in [5.74, 6) is -0.271. The lowest BCUT2D eigenvalue weighted by molar-refractivity contribution is -0.385. The molecule has 0 unspecified atom stereocenters. The Morgan fingerprint density at radius 2 is 2.24 bits per heavy atom. The average molecular weight is 310 g/mol. The summed E-state index contributed by atoms with van der Waals surface area (Å²) in [6.45, 7) is 6.41. The number of nitro groups is 1. The molecule has 1 saturated heterocycles. The number of nitro benzene ring substituents is 1. The second kappa shape index (κ2) is 6.03. The number of rotatable bonds is 4. The number of thioether (sulfide) groups is 1. The summed E-state index contributed by atoms with van der Waals surface area (Å²) in [5.41, 5.74) is -0.0384. The number of aromatic carboxylic acids is 1. The summed E-state index contributed by atoms with van der Waals surface area (Å²) in [6, 6.07) is 4.44. The summed E-state index contributed by atoms with van der Waals surface area (Å²) in [7, 11) is 0. The monoisotopic (exact) mass is 310 g/mol. The molecule has 1 heterocycles. The maximum Gasteiger partial charge on any atom is 0.343 e. The van der Waals surface area contributed by atoms with E-state index in [-0.39, 0.29) is 16.0 Å². The Kier molecular flexibility index (Phi) is 4.53. The van der Waals surface area contributed by atoms with E-state index in [9.17, 15) is 20.0 Å². The maximum absolute atomic E-state index is 11.4. The van der Waals surface area contributed by atoms with Crippen molar-refractivity contribution in [1.29, 1.82) is 0 Å². The Labute approximate surface area is 127 Å². The molecule has 2 rings (SSSR count). The molecule has 1 fully saturated rings. The zero-order valence-electron chi connectivity index (χ0n) is 12.0. The van der Waals surface area contributed by atoms with Gasteiger partial charge in [0.15, 0.2) is 0 Å². The van der Waals surface area contributed by atoms with E-state index in [1.807, 2.05) is 11.8 Å². The molecule has 0 spiro atoms. The van der Waals surface area contributed by atoms with Crippen molar-refractivity contribution >= 4 is 23.4 Å². The molecule has 114 valence electrons. The van der Waals surface area contributed by atoms with Gasteiger partial charge in [-0.3, -0.25) is 15.0 Å². The van der Waals surface area contributed by atoms with Crippen LogP contribution in [0.1, 0.15) is 29.8 Å². The lowest BCUT2D eigenvalue weighted by atomic mass is 10.0. The molecular formula is C14H18N2O4S. The third-order valence-electron chi connectivity index (χ3n) is 3.44. The van der Waals surface area contributed by atoms with Crippen molar-refractivity contribution in [3.63, 3.8) is 0 Å². The number of benzene rings is 1. The van der Waals surface area contributed by atoms with Gasteiger partial charge in [-0.2, -0.15) is 11.8 Å². The predicted molar refractivity (Wildman–Crippen MR) is 81.9 cm³/mol. The van der Waals surface area contributed by atoms with Crippen molar-refractivity contribution in [2.75, 3.05) is 18.8 Å². The normalized spacial score (nSPS) is 18.4. The lowest BCUT2D eigenvalue weighted by Gasteiger charge is -2.37. The lowest BCUT2D eigenvalue weighted by Crippen LogP contribution is -2.42. The van der Waals surface area contributed by atoms with Crippen LogP contribution in [0.25, 0.3) is 0 Å². The van der Waals surface area contributed by atoms with Gasteiger partial charge in [0.1, 0.15) is 5.56 Å². The molecule has 0 amide bonds. The van der Waals surface area contributed by atoms with E-state index in [0.717, 1.165) is 18.8 Å². The highest BCUT2D eigenvalue weighted by atomic mass is 32.2. The molecule has 0 aliphatic carbocycles. The minimum absolute atomic E-state index is 0.113. The number of hydrogen-bond donors (Lipinski definition) is 1. The van der Waals surface area contributed by atoms with Gasteiger partial charge in [0.05, 0.1) is 4.92 Å². The van der Waals surface area contributed by atoms with Crippen molar-refractivity contribution < 1.29 is 14.8 Å². The fraction of sp³-hybridized carbons (Fsp3) is 0.500. The van der Waals surface area contributed by atoms with Gasteiger partial charge in [-0.05, 0) is 19.4 Å². The van der Waals surface area contributed by atoms with Gasteiger partial charge >= 0.3 is 5.97 Å². The molecule has 0 aromatic heterocycles. The fourth-order valence-electron chi connectivity index (χ4n) is 2.61. The molecule has 0 saturated carbocycles. The molecule has 1 N–H and O–H groups in total.